The van der Waals surface area contributed by atoms with Gasteiger partial charge in [0.2, 0.25) is 5.78 Å². The van der Waals surface area contributed by atoms with E-state index in [1.165, 1.54) is 29.5 Å². The Kier molecular flexibility index (Phi) is 2.70. The van der Waals surface area contributed by atoms with Gasteiger partial charge in [-0.2, -0.15) is 0 Å². The summed E-state index contributed by atoms with van der Waals surface area (Å²) in [5.74, 6) is -0.399. The maximum absolute atomic E-state index is 11.8. The molecule has 1 heterocycles. The standard InChI is InChI=1S/C10H6ClNO2S/c11-6-1-2-8(13)7(5-6)9(14)10-12-3-4-15-10/h1-5,13H. The predicted molar refractivity (Wildman–Crippen MR) is 58.7 cm³/mol. The van der Waals surface area contributed by atoms with Crippen LogP contribution in [0.3, 0.4) is 0 Å². The van der Waals surface area contributed by atoms with E-state index in [0.29, 0.717) is 10.0 Å². The number of hydrogen-bond acceptors (Lipinski definition) is 4. The van der Waals surface area contributed by atoms with Gasteiger partial charge in [0.25, 0.3) is 0 Å². The van der Waals surface area contributed by atoms with E-state index in [2.05, 4.69) is 4.98 Å². The van der Waals surface area contributed by atoms with Crippen LogP contribution in [0.2, 0.25) is 5.02 Å². The summed E-state index contributed by atoms with van der Waals surface area (Å²) in [6, 6.07) is 4.35. The van der Waals surface area contributed by atoms with Crippen LogP contribution in [0.4, 0.5) is 0 Å². The molecule has 0 saturated heterocycles. The average molecular weight is 240 g/mol. The van der Waals surface area contributed by atoms with Gasteiger partial charge in [0.05, 0.1) is 5.56 Å². The first-order chi connectivity index (χ1) is 7.18. The largest absolute Gasteiger partial charge is 0.507 e. The second-order valence-corrected chi connectivity index (χ2v) is 4.16. The molecular formula is C10H6ClNO2S. The van der Waals surface area contributed by atoms with Gasteiger partial charge in [0.15, 0.2) is 5.01 Å². The van der Waals surface area contributed by atoms with Crippen LogP contribution in [-0.4, -0.2) is 15.9 Å². The van der Waals surface area contributed by atoms with E-state index in [-0.39, 0.29) is 17.1 Å². The van der Waals surface area contributed by atoms with E-state index in [1.807, 2.05) is 0 Å². The first-order valence-corrected chi connectivity index (χ1v) is 5.37. The summed E-state index contributed by atoms with van der Waals surface area (Å²) in [7, 11) is 0. The van der Waals surface area contributed by atoms with E-state index in [4.69, 9.17) is 11.6 Å². The highest BCUT2D eigenvalue weighted by atomic mass is 35.5. The molecule has 0 unspecified atom stereocenters. The van der Waals surface area contributed by atoms with Gasteiger partial charge in [-0.25, -0.2) is 4.98 Å². The smallest absolute Gasteiger partial charge is 0.225 e. The minimum Gasteiger partial charge on any atom is -0.507 e. The highest BCUT2D eigenvalue weighted by molar-refractivity contribution is 7.11. The fourth-order valence-electron chi connectivity index (χ4n) is 1.14. The number of benzene rings is 1. The van der Waals surface area contributed by atoms with Gasteiger partial charge in [-0.05, 0) is 18.2 Å². The van der Waals surface area contributed by atoms with Crippen LogP contribution < -0.4 is 0 Å². The zero-order chi connectivity index (χ0) is 10.8. The zero-order valence-corrected chi connectivity index (χ0v) is 9.05. The lowest BCUT2D eigenvalue weighted by atomic mass is 10.1. The Labute approximate surface area is 95.0 Å². The Hall–Kier alpha value is -1.39. The molecule has 3 nitrogen and oxygen atoms in total. The number of carbonyl (C=O) groups excluding carboxylic acids is 1. The zero-order valence-electron chi connectivity index (χ0n) is 7.48. The minimum absolute atomic E-state index is 0.0837. The van der Waals surface area contributed by atoms with Crippen molar-refractivity contribution in [2.75, 3.05) is 0 Å². The second kappa shape index (κ2) is 4.00. The Morgan fingerprint density at radius 1 is 1.47 bits per heavy atom. The molecule has 1 aromatic heterocycles. The first kappa shape index (κ1) is 10.1. The number of phenolic OH excluding ortho intramolecular Hbond substituents is 1. The lowest BCUT2D eigenvalue weighted by molar-refractivity contribution is 0.103. The third-order valence-corrected chi connectivity index (χ3v) is 2.84. The third-order valence-electron chi connectivity index (χ3n) is 1.83. The fourth-order valence-corrected chi connectivity index (χ4v) is 1.90. The molecule has 0 aliphatic heterocycles. The van der Waals surface area contributed by atoms with Gasteiger partial charge in [-0.3, -0.25) is 4.79 Å². The molecule has 0 bridgehead atoms. The maximum Gasteiger partial charge on any atom is 0.225 e. The molecule has 15 heavy (non-hydrogen) atoms. The first-order valence-electron chi connectivity index (χ1n) is 4.11. The van der Waals surface area contributed by atoms with E-state index in [9.17, 15) is 9.90 Å². The summed E-state index contributed by atoms with van der Waals surface area (Å²) in [6.45, 7) is 0. The lowest BCUT2D eigenvalue weighted by Crippen LogP contribution is -2.00. The molecule has 0 atom stereocenters. The third kappa shape index (κ3) is 2.00. The summed E-state index contributed by atoms with van der Waals surface area (Å²) in [4.78, 5) is 15.7. The van der Waals surface area contributed by atoms with Crippen molar-refractivity contribution in [1.29, 1.82) is 0 Å². The topological polar surface area (TPSA) is 50.2 Å². The predicted octanol–water partition coefficient (Wildman–Crippen LogP) is 2.73. The number of phenols is 1. The number of carbonyl (C=O) groups is 1. The number of hydrogen-bond donors (Lipinski definition) is 1. The number of nitrogens with zero attached hydrogens (tertiary/aromatic N) is 1. The molecule has 0 amide bonds. The molecule has 2 aromatic rings. The molecule has 0 aliphatic carbocycles. The molecule has 1 aromatic carbocycles. The van der Waals surface area contributed by atoms with Crippen LogP contribution in [-0.2, 0) is 0 Å². The van der Waals surface area contributed by atoms with Crippen molar-refractivity contribution in [2.45, 2.75) is 0 Å². The minimum atomic E-state index is -0.315. The molecule has 0 radical (unpaired) electrons. The molecule has 0 fully saturated rings. The quantitative estimate of drug-likeness (QED) is 0.820. The molecule has 0 spiro atoms. The van der Waals surface area contributed by atoms with Gasteiger partial charge >= 0.3 is 0 Å². The van der Waals surface area contributed by atoms with Crippen molar-refractivity contribution in [3.63, 3.8) is 0 Å². The van der Waals surface area contributed by atoms with Crippen LogP contribution in [0.1, 0.15) is 15.4 Å². The summed E-state index contributed by atoms with van der Waals surface area (Å²) in [5.41, 5.74) is 0.178. The number of rotatable bonds is 2. The van der Waals surface area contributed by atoms with Crippen molar-refractivity contribution < 1.29 is 9.90 Å². The molecule has 1 N–H and O–H groups in total. The van der Waals surface area contributed by atoms with Crippen LogP contribution in [0.5, 0.6) is 5.75 Å². The van der Waals surface area contributed by atoms with Crippen molar-refractivity contribution in [1.82, 2.24) is 4.98 Å². The number of ketones is 1. The van der Waals surface area contributed by atoms with E-state index < -0.39 is 0 Å². The molecule has 5 heteroatoms. The molecule has 0 aliphatic rings. The highest BCUT2D eigenvalue weighted by Gasteiger charge is 2.15. The van der Waals surface area contributed by atoms with Gasteiger partial charge in [-0.1, -0.05) is 11.6 Å². The summed E-state index contributed by atoms with van der Waals surface area (Å²) in [6.07, 6.45) is 1.54. The van der Waals surface area contributed by atoms with E-state index in [0.717, 1.165) is 0 Å². The second-order valence-electron chi connectivity index (χ2n) is 2.83. The Morgan fingerprint density at radius 2 is 2.27 bits per heavy atom. The fraction of sp³-hybridized carbons (Fsp3) is 0. The number of aromatic hydroxyl groups is 1. The van der Waals surface area contributed by atoms with Crippen molar-refractivity contribution in [3.05, 3.63) is 45.4 Å². The summed E-state index contributed by atoms with van der Waals surface area (Å²) < 4.78 is 0. The average Bonchev–Trinajstić information content (AvgIpc) is 2.74. The summed E-state index contributed by atoms with van der Waals surface area (Å²) in [5, 5.41) is 12.0. The summed E-state index contributed by atoms with van der Waals surface area (Å²) >= 11 is 6.97. The van der Waals surface area contributed by atoms with E-state index >= 15 is 0 Å². The van der Waals surface area contributed by atoms with Gasteiger partial charge in [0.1, 0.15) is 5.75 Å². The molecular weight excluding hydrogens is 234 g/mol. The number of thiazole rings is 1. The Balaban J connectivity index is 2.46. The van der Waals surface area contributed by atoms with Crippen LogP contribution in [0.15, 0.2) is 29.8 Å². The maximum atomic E-state index is 11.8. The van der Waals surface area contributed by atoms with Gasteiger partial charge in [0, 0.05) is 16.6 Å². The van der Waals surface area contributed by atoms with Crippen LogP contribution in [0, 0.1) is 0 Å². The highest BCUT2D eigenvalue weighted by Crippen LogP contribution is 2.24. The number of aromatic nitrogens is 1. The number of halogens is 1. The van der Waals surface area contributed by atoms with Gasteiger partial charge < -0.3 is 5.11 Å². The van der Waals surface area contributed by atoms with Gasteiger partial charge in [-0.15, -0.1) is 11.3 Å². The van der Waals surface area contributed by atoms with Crippen LogP contribution in [0.25, 0.3) is 0 Å². The van der Waals surface area contributed by atoms with Crippen molar-refractivity contribution in [2.24, 2.45) is 0 Å². The molecule has 0 saturated carbocycles. The monoisotopic (exact) mass is 239 g/mol. The van der Waals surface area contributed by atoms with E-state index in [1.54, 1.807) is 11.6 Å². The normalized spacial score (nSPS) is 10.2. The SMILES string of the molecule is O=C(c1nccs1)c1cc(Cl)ccc1O. The van der Waals surface area contributed by atoms with Crippen molar-refractivity contribution >= 4 is 28.7 Å². The molecule has 2 rings (SSSR count). The lowest BCUT2D eigenvalue weighted by Gasteiger charge is -2.01. The van der Waals surface area contributed by atoms with Crippen LogP contribution >= 0.6 is 22.9 Å². The Bertz CT molecular complexity index is 496. The molecule has 76 valence electrons. The Morgan fingerprint density at radius 3 is 2.93 bits per heavy atom. The van der Waals surface area contributed by atoms with Crippen molar-refractivity contribution in [3.8, 4) is 5.75 Å².